The predicted octanol–water partition coefficient (Wildman–Crippen LogP) is 6.29. The van der Waals surface area contributed by atoms with Gasteiger partial charge in [0.1, 0.15) is 6.04 Å². The minimum atomic E-state index is -0.336. The van der Waals surface area contributed by atoms with Gasteiger partial charge < -0.3 is 5.32 Å². The van der Waals surface area contributed by atoms with Crippen molar-refractivity contribution in [1.82, 2.24) is 14.8 Å². The average Bonchev–Trinajstić information content (AvgIpc) is 3.26. The maximum atomic E-state index is 12.5. The number of hydrogen-bond acceptors (Lipinski definition) is 4. The van der Waals surface area contributed by atoms with E-state index >= 15 is 0 Å². The number of fused-ring (bicyclic) bond motifs is 1. The molecule has 3 aromatic carbocycles. The predicted molar refractivity (Wildman–Crippen MR) is 137 cm³/mol. The van der Waals surface area contributed by atoms with Crippen molar-refractivity contribution in [2.75, 3.05) is 10.6 Å². The van der Waals surface area contributed by atoms with Gasteiger partial charge in [-0.05, 0) is 53.1 Å². The number of allylic oxidation sites excluding steroid dienone is 1. The molecule has 0 fully saturated rings. The number of hydrogen-bond donors (Lipinski definition) is 2. The van der Waals surface area contributed by atoms with Crippen LogP contribution in [-0.4, -0.2) is 20.7 Å². The Kier molecular flexibility index (Phi) is 6.16. The van der Waals surface area contributed by atoms with E-state index in [0.29, 0.717) is 16.0 Å². The molecule has 4 aromatic rings. The maximum absolute atomic E-state index is 12.5. The Morgan fingerprint density at radius 3 is 2.32 bits per heavy atom. The largest absolute Gasteiger partial charge is 0.324 e. The summed E-state index contributed by atoms with van der Waals surface area (Å²) in [5.74, 6) is 0.394. The summed E-state index contributed by atoms with van der Waals surface area (Å²) in [6.45, 7) is 0. The van der Waals surface area contributed by atoms with Crippen molar-refractivity contribution in [3.8, 4) is 0 Å². The maximum Gasteiger partial charge on any atom is 0.250 e. The van der Waals surface area contributed by atoms with Crippen LogP contribution in [0, 0.1) is 0 Å². The van der Waals surface area contributed by atoms with Crippen molar-refractivity contribution in [3.05, 3.63) is 118 Å². The van der Waals surface area contributed by atoms with E-state index in [0.717, 1.165) is 22.4 Å². The van der Waals surface area contributed by atoms with Gasteiger partial charge in [0, 0.05) is 21.8 Å². The molecule has 8 heteroatoms. The van der Waals surface area contributed by atoms with E-state index in [1.54, 1.807) is 22.9 Å². The Morgan fingerprint density at radius 1 is 0.941 bits per heavy atom. The second-order valence-corrected chi connectivity index (χ2v) is 8.52. The zero-order valence-corrected chi connectivity index (χ0v) is 19.3. The van der Waals surface area contributed by atoms with E-state index in [1.165, 1.54) is 6.08 Å². The molecule has 1 aliphatic rings. The van der Waals surface area contributed by atoms with Gasteiger partial charge in [-0.2, -0.15) is 4.98 Å². The Balaban J connectivity index is 1.42. The van der Waals surface area contributed by atoms with Gasteiger partial charge in [-0.3, -0.25) is 10.1 Å². The average molecular weight is 488 g/mol. The molecule has 1 unspecified atom stereocenters. The highest BCUT2D eigenvalue weighted by Gasteiger charge is 2.25. The zero-order valence-electron chi connectivity index (χ0n) is 17.8. The number of anilines is 2. The highest BCUT2D eigenvalue weighted by atomic mass is 35.5. The molecule has 0 saturated carbocycles. The molecule has 2 N–H and O–H groups in total. The number of amides is 1. The Bertz CT molecular complexity index is 1380. The summed E-state index contributed by atoms with van der Waals surface area (Å²) in [5, 5.41) is 11.9. The highest BCUT2D eigenvalue weighted by molar-refractivity contribution is 6.30. The molecule has 0 radical (unpaired) electrons. The fourth-order valence-corrected chi connectivity index (χ4v) is 3.88. The molecular weight excluding hydrogens is 469 g/mol. The van der Waals surface area contributed by atoms with E-state index in [4.69, 9.17) is 23.2 Å². The SMILES string of the molecule is O=C(C=Cc1ccc(Cl)cc1)Nc1nc2n(n1)C(c1ccc(Cl)cc1)C=C(c1ccccc1)N2. The van der Waals surface area contributed by atoms with Crippen LogP contribution in [0.25, 0.3) is 11.8 Å². The standard InChI is InChI=1S/C26H19Cl2N5O/c27-20-11-6-17(7-12-20)8-15-24(34)30-25-31-26-29-22(18-4-2-1-3-5-18)16-23(33(26)32-25)19-9-13-21(28)14-10-19/h1-16,23H,(H2,29,30,31,32,34). The summed E-state index contributed by atoms with van der Waals surface area (Å²) in [5.41, 5.74) is 3.77. The lowest BCUT2D eigenvalue weighted by Gasteiger charge is -2.24. The minimum Gasteiger partial charge on any atom is -0.324 e. The van der Waals surface area contributed by atoms with Crippen LogP contribution in [0.3, 0.4) is 0 Å². The van der Waals surface area contributed by atoms with Gasteiger partial charge in [0.25, 0.3) is 11.9 Å². The van der Waals surface area contributed by atoms with E-state index in [-0.39, 0.29) is 17.9 Å². The van der Waals surface area contributed by atoms with Crippen molar-refractivity contribution in [1.29, 1.82) is 0 Å². The van der Waals surface area contributed by atoms with Crippen LogP contribution in [0.2, 0.25) is 10.0 Å². The lowest BCUT2D eigenvalue weighted by atomic mass is 10.0. The van der Waals surface area contributed by atoms with E-state index in [9.17, 15) is 4.79 Å². The number of nitrogens with one attached hydrogen (secondary N) is 2. The van der Waals surface area contributed by atoms with Gasteiger partial charge in [-0.25, -0.2) is 4.68 Å². The van der Waals surface area contributed by atoms with Gasteiger partial charge in [-0.1, -0.05) is 77.8 Å². The number of carbonyl (C=O) groups is 1. The normalized spacial score (nSPS) is 14.9. The summed E-state index contributed by atoms with van der Waals surface area (Å²) < 4.78 is 1.74. The quantitative estimate of drug-likeness (QED) is 0.324. The molecule has 6 nitrogen and oxygen atoms in total. The second kappa shape index (κ2) is 9.55. The van der Waals surface area contributed by atoms with Crippen molar-refractivity contribution < 1.29 is 4.79 Å². The molecule has 1 amide bonds. The third-order valence-electron chi connectivity index (χ3n) is 5.29. The molecule has 0 aliphatic carbocycles. The summed E-state index contributed by atoms with van der Waals surface area (Å²) in [4.78, 5) is 17.0. The van der Waals surface area contributed by atoms with Gasteiger partial charge in [0.05, 0.1) is 0 Å². The molecule has 34 heavy (non-hydrogen) atoms. The van der Waals surface area contributed by atoms with Gasteiger partial charge in [-0.15, -0.1) is 5.10 Å². The number of carbonyl (C=O) groups excluding carboxylic acids is 1. The highest BCUT2D eigenvalue weighted by Crippen LogP contribution is 2.33. The van der Waals surface area contributed by atoms with Gasteiger partial charge >= 0.3 is 0 Å². The number of rotatable bonds is 5. The molecule has 2 heterocycles. The monoisotopic (exact) mass is 487 g/mol. The molecule has 5 rings (SSSR count). The third-order valence-corrected chi connectivity index (χ3v) is 5.80. The first kappa shape index (κ1) is 21.9. The first-order valence-corrected chi connectivity index (χ1v) is 11.3. The smallest absolute Gasteiger partial charge is 0.250 e. The van der Waals surface area contributed by atoms with Crippen LogP contribution in [0.4, 0.5) is 11.9 Å². The molecule has 0 spiro atoms. The summed E-state index contributed by atoms with van der Waals surface area (Å²) in [7, 11) is 0. The Labute approximate surface area is 206 Å². The summed E-state index contributed by atoms with van der Waals surface area (Å²) >= 11 is 12.0. The molecule has 1 atom stereocenters. The topological polar surface area (TPSA) is 71.8 Å². The number of benzene rings is 3. The second-order valence-electron chi connectivity index (χ2n) is 7.65. The van der Waals surface area contributed by atoms with Crippen LogP contribution in [0.1, 0.15) is 22.7 Å². The molecule has 168 valence electrons. The van der Waals surface area contributed by atoms with E-state index in [1.807, 2.05) is 66.7 Å². The van der Waals surface area contributed by atoms with Crippen LogP contribution < -0.4 is 10.6 Å². The van der Waals surface area contributed by atoms with Crippen LogP contribution in [-0.2, 0) is 4.79 Å². The summed E-state index contributed by atoms with van der Waals surface area (Å²) in [6, 6.07) is 24.5. The van der Waals surface area contributed by atoms with Crippen LogP contribution in [0.5, 0.6) is 0 Å². The first-order chi connectivity index (χ1) is 16.5. The number of aromatic nitrogens is 3. The fourth-order valence-electron chi connectivity index (χ4n) is 3.63. The van der Waals surface area contributed by atoms with Gasteiger partial charge in [0.2, 0.25) is 5.95 Å². The minimum absolute atomic E-state index is 0.204. The molecular formula is C26H19Cl2N5O. The van der Waals surface area contributed by atoms with Crippen LogP contribution >= 0.6 is 23.2 Å². The van der Waals surface area contributed by atoms with Gasteiger partial charge in [0.15, 0.2) is 0 Å². The van der Waals surface area contributed by atoms with E-state index < -0.39 is 0 Å². The van der Waals surface area contributed by atoms with Crippen molar-refractivity contribution in [2.45, 2.75) is 6.04 Å². The number of halogens is 2. The Hall–Kier alpha value is -3.87. The molecule has 1 aliphatic heterocycles. The van der Waals surface area contributed by atoms with Crippen molar-refractivity contribution >= 4 is 52.8 Å². The number of nitrogens with zero attached hydrogens (tertiary/aromatic N) is 3. The van der Waals surface area contributed by atoms with E-state index in [2.05, 4.69) is 26.8 Å². The molecule has 0 bridgehead atoms. The van der Waals surface area contributed by atoms with Crippen molar-refractivity contribution in [2.24, 2.45) is 0 Å². The molecule has 0 saturated heterocycles. The van der Waals surface area contributed by atoms with Crippen LogP contribution in [0.15, 0.2) is 91.0 Å². The zero-order chi connectivity index (χ0) is 23.5. The lowest BCUT2D eigenvalue weighted by molar-refractivity contribution is -0.111. The van der Waals surface area contributed by atoms with Crippen molar-refractivity contribution in [3.63, 3.8) is 0 Å². The third kappa shape index (κ3) is 4.88. The summed E-state index contributed by atoms with van der Waals surface area (Å²) in [6.07, 6.45) is 5.21. The first-order valence-electron chi connectivity index (χ1n) is 10.6. The Morgan fingerprint density at radius 2 is 1.62 bits per heavy atom. The fraction of sp³-hybridized carbons (Fsp3) is 0.0385. The lowest BCUT2D eigenvalue weighted by Crippen LogP contribution is -2.20. The molecule has 1 aromatic heterocycles.